The van der Waals surface area contributed by atoms with Gasteiger partial charge in [0, 0.05) is 24.2 Å². The first-order valence-corrected chi connectivity index (χ1v) is 9.81. The fourth-order valence-electron chi connectivity index (χ4n) is 3.44. The summed E-state index contributed by atoms with van der Waals surface area (Å²) < 4.78 is 31.9. The highest BCUT2D eigenvalue weighted by Gasteiger charge is 2.42. The van der Waals surface area contributed by atoms with Gasteiger partial charge in [-0.2, -0.15) is 0 Å². The smallest absolute Gasteiger partial charge is 0.236 e. The number of ether oxygens (including phenoxy) is 1. The third-order valence-corrected chi connectivity index (χ3v) is 5.80. The molecule has 1 amide bonds. The molecule has 1 fully saturated rings. The van der Waals surface area contributed by atoms with Gasteiger partial charge in [0.05, 0.1) is 11.1 Å². The summed E-state index contributed by atoms with van der Waals surface area (Å²) in [5.41, 5.74) is 1.43. The van der Waals surface area contributed by atoms with Gasteiger partial charge in [-0.3, -0.25) is 4.79 Å². The molecule has 0 spiro atoms. The molecule has 0 atom stereocenters. The van der Waals surface area contributed by atoms with E-state index in [0.717, 1.165) is 11.1 Å². The van der Waals surface area contributed by atoms with Crippen LogP contribution in [0.15, 0.2) is 53.9 Å². The number of halogens is 2. The molecule has 3 aromatic rings. The Kier molecular flexibility index (Phi) is 5.19. The summed E-state index contributed by atoms with van der Waals surface area (Å²) in [4.78, 5) is 17.7. The fraction of sp³-hybridized carbons (Fsp3) is 0.238. The number of anilines is 1. The van der Waals surface area contributed by atoms with Gasteiger partial charge in [0.15, 0.2) is 5.13 Å². The molecular weight excluding hydrogens is 382 g/mol. The van der Waals surface area contributed by atoms with Crippen LogP contribution < -0.4 is 5.32 Å². The van der Waals surface area contributed by atoms with Crippen LogP contribution in [0.2, 0.25) is 0 Å². The van der Waals surface area contributed by atoms with Gasteiger partial charge >= 0.3 is 0 Å². The minimum absolute atomic E-state index is 0.178. The van der Waals surface area contributed by atoms with E-state index in [9.17, 15) is 13.6 Å². The molecular formula is C21H18F2N2O2S. The first-order chi connectivity index (χ1) is 13.6. The van der Waals surface area contributed by atoms with Crippen molar-refractivity contribution >= 4 is 22.4 Å². The van der Waals surface area contributed by atoms with Crippen LogP contribution in [0.5, 0.6) is 0 Å². The Balaban J connectivity index is 1.58. The maximum atomic E-state index is 13.4. The average Bonchev–Trinajstić information content (AvgIpc) is 3.18. The Morgan fingerprint density at radius 1 is 1.00 bits per heavy atom. The van der Waals surface area contributed by atoms with Gasteiger partial charge in [-0.15, -0.1) is 11.3 Å². The number of nitrogens with zero attached hydrogens (tertiary/aromatic N) is 1. The van der Waals surface area contributed by atoms with E-state index in [1.54, 1.807) is 24.3 Å². The van der Waals surface area contributed by atoms with Gasteiger partial charge in [0.2, 0.25) is 5.91 Å². The van der Waals surface area contributed by atoms with Gasteiger partial charge in [-0.1, -0.05) is 12.1 Å². The zero-order chi connectivity index (χ0) is 19.6. The molecule has 1 aliphatic rings. The third kappa shape index (κ3) is 3.68. The number of hydrogen-bond donors (Lipinski definition) is 1. The fourth-order valence-corrected chi connectivity index (χ4v) is 4.15. The van der Waals surface area contributed by atoms with Gasteiger partial charge < -0.3 is 10.1 Å². The number of carbonyl (C=O) groups excluding carboxylic acids is 1. The standard InChI is InChI=1S/C21H18F2N2O2S/c22-16-5-1-14(2-6-16)18-13-28-20(24-18)25-19(26)21(9-11-27-12-10-21)15-3-7-17(23)8-4-15/h1-8,13H,9-12H2,(H,24,25,26). The van der Waals surface area contributed by atoms with Crippen molar-refractivity contribution in [3.63, 3.8) is 0 Å². The summed E-state index contributed by atoms with van der Waals surface area (Å²) in [5, 5.41) is 5.20. The number of nitrogens with one attached hydrogen (secondary N) is 1. The highest BCUT2D eigenvalue weighted by atomic mass is 32.1. The molecule has 28 heavy (non-hydrogen) atoms. The number of hydrogen-bond acceptors (Lipinski definition) is 4. The van der Waals surface area contributed by atoms with Crippen molar-refractivity contribution in [3.05, 3.63) is 71.1 Å². The predicted molar refractivity (Wildman–Crippen MR) is 104 cm³/mol. The Labute approximate surface area is 165 Å². The number of benzene rings is 2. The quantitative estimate of drug-likeness (QED) is 0.686. The summed E-state index contributed by atoms with van der Waals surface area (Å²) in [6, 6.07) is 12.1. The molecule has 2 heterocycles. The first-order valence-electron chi connectivity index (χ1n) is 8.93. The molecule has 0 bridgehead atoms. The van der Waals surface area contributed by atoms with Crippen molar-refractivity contribution in [2.24, 2.45) is 0 Å². The summed E-state index contributed by atoms with van der Waals surface area (Å²) in [5.74, 6) is -0.828. The second-order valence-electron chi connectivity index (χ2n) is 6.70. The molecule has 1 N–H and O–H groups in total. The maximum Gasteiger partial charge on any atom is 0.236 e. The molecule has 7 heteroatoms. The second-order valence-corrected chi connectivity index (χ2v) is 7.56. The first kappa shape index (κ1) is 18.7. The topological polar surface area (TPSA) is 51.2 Å². The molecule has 1 saturated heterocycles. The van der Waals surface area contributed by atoms with E-state index in [1.807, 2.05) is 5.38 Å². The van der Waals surface area contributed by atoms with E-state index in [4.69, 9.17) is 4.74 Å². The predicted octanol–water partition coefficient (Wildman–Crippen LogP) is 4.78. The molecule has 0 radical (unpaired) electrons. The summed E-state index contributed by atoms with van der Waals surface area (Å²) in [6.07, 6.45) is 1.03. The molecule has 4 rings (SSSR count). The zero-order valence-electron chi connectivity index (χ0n) is 15.0. The van der Waals surface area contributed by atoms with Crippen molar-refractivity contribution in [2.45, 2.75) is 18.3 Å². The lowest BCUT2D eigenvalue weighted by Gasteiger charge is -2.36. The van der Waals surface area contributed by atoms with E-state index in [1.165, 1.54) is 35.6 Å². The van der Waals surface area contributed by atoms with Crippen LogP contribution in [0.4, 0.5) is 13.9 Å². The van der Waals surface area contributed by atoms with Crippen LogP contribution in [-0.2, 0) is 14.9 Å². The number of carbonyl (C=O) groups is 1. The number of aromatic nitrogens is 1. The van der Waals surface area contributed by atoms with Crippen molar-refractivity contribution in [1.82, 2.24) is 4.98 Å². The lowest BCUT2D eigenvalue weighted by molar-refractivity contribution is -0.125. The van der Waals surface area contributed by atoms with Crippen LogP contribution in [0.1, 0.15) is 18.4 Å². The number of rotatable bonds is 4. The highest BCUT2D eigenvalue weighted by Crippen LogP contribution is 2.37. The minimum atomic E-state index is -0.784. The minimum Gasteiger partial charge on any atom is -0.381 e. The van der Waals surface area contributed by atoms with Gasteiger partial charge in [-0.25, -0.2) is 13.8 Å². The van der Waals surface area contributed by atoms with Gasteiger partial charge in [0.25, 0.3) is 0 Å². The normalized spacial score (nSPS) is 15.9. The highest BCUT2D eigenvalue weighted by molar-refractivity contribution is 7.14. The Hall–Kier alpha value is -2.64. The summed E-state index contributed by atoms with van der Waals surface area (Å²) in [6.45, 7) is 0.924. The maximum absolute atomic E-state index is 13.4. The molecule has 2 aromatic carbocycles. The number of amides is 1. The average molecular weight is 400 g/mol. The molecule has 0 aliphatic carbocycles. The molecule has 0 unspecified atom stereocenters. The Morgan fingerprint density at radius 3 is 2.25 bits per heavy atom. The third-order valence-electron chi connectivity index (χ3n) is 5.04. The summed E-state index contributed by atoms with van der Waals surface area (Å²) in [7, 11) is 0. The van der Waals surface area contributed by atoms with Crippen LogP contribution in [0.3, 0.4) is 0 Å². The van der Waals surface area contributed by atoms with Crippen LogP contribution in [-0.4, -0.2) is 24.1 Å². The van der Waals surface area contributed by atoms with E-state index >= 15 is 0 Å². The Bertz CT molecular complexity index is 965. The van der Waals surface area contributed by atoms with Gasteiger partial charge in [-0.05, 0) is 54.8 Å². The number of thiazole rings is 1. The van der Waals surface area contributed by atoms with Crippen LogP contribution >= 0.6 is 11.3 Å². The lowest BCUT2D eigenvalue weighted by atomic mass is 9.73. The van der Waals surface area contributed by atoms with E-state index in [2.05, 4.69) is 10.3 Å². The zero-order valence-corrected chi connectivity index (χ0v) is 15.8. The second kappa shape index (κ2) is 7.77. The van der Waals surface area contributed by atoms with E-state index < -0.39 is 5.41 Å². The Morgan fingerprint density at radius 2 is 1.61 bits per heavy atom. The van der Waals surface area contributed by atoms with Crippen LogP contribution in [0, 0.1) is 11.6 Å². The monoisotopic (exact) mass is 400 g/mol. The van der Waals surface area contributed by atoms with E-state index in [-0.39, 0.29) is 17.5 Å². The van der Waals surface area contributed by atoms with E-state index in [0.29, 0.717) is 36.9 Å². The van der Waals surface area contributed by atoms with Crippen molar-refractivity contribution in [1.29, 1.82) is 0 Å². The SMILES string of the molecule is O=C(Nc1nc(-c2ccc(F)cc2)cs1)C1(c2ccc(F)cc2)CCOCC1. The molecule has 144 valence electrons. The van der Waals surface area contributed by atoms with Crippen molar-refractivity contribution < 1.29 is 18.3 Å². The molecule has 4 nitrogen and oxygen atoms in total. The molecule has 0 saturated carbocycles. The van der Waals surface area contributed by atoms with Crippen molar-refractivity contribution in [3.8, 4) is 11.3 Å². The summed E-state index contributed by atoms with van der Waals surface area (Å²) >= 11 is 1.31. The molecule has 1 aromatic heterocycles. The largest absolute Gasteiger partial charge is 0.381 e. The lowest BCUT2D eigenvalue weighted by Crippen LogP contribution is -2.44. The van der Waals surface area contributed by atoms with Gasteiger partial charge in [0.1, 0.15) is 11.6 Å². The van der Waals surface area contributed by atoms with Crippen molar-refractivity contribution in [2.75, 3.05) is 18.5 Å². The molecule has 1 aliphatic heterocycles. The van der Waals surface area contributed by atoms with Crippen LogP contribution in [0.25, 0.3) is 11.3 Å².